The Morgan fingerprint density at radius 3 is 2.05 bits per heavy atom. The van der Waals surface area contributed by atoms with Crippen LogP contribution in [0.2, 0.25) is 0 Å². The van der Waals surface area contributed by atoms with Crippen LogP contribution in [0, 0.1) is 23.7 Å². The zero-order valence-corrected chi connectivity index (χ0v) is 23.6. The van der Waals surface area contributed by atoms with Gasteiger partial charge in [-0.25, -0.2) is 9.78 Å². The predicted octanol–water partition coefficient (Wildman–Crippen LogP) is 5.77. The SMILES string of the molecule is Oc1ccc(C2CCOOC3(OOCC2)C2CC4CC(C2)CC3C4)cc1CN1CCC(N2CCCCC2)CC1. The molecule has 1 N–H and O–H groups in total. The Kier molecular flexibility index (Phi) is 7.91. The lowest BCUT2D eigenvalue weighted by atomic mass is 9.53. The molecule has 4 aliphatic carbocycles. The van der Waals surface area contributed by atoms with E-state index in [0.29, 0.717) is 30.8 Å². The maximum Gasteiger partial charge on any atom is 0.239 e. The standard InChI is InChI=1S/C32H48N2O5/c35-31-5-4-26(21-27(31)22-33-12-6-30(7-13-33)34-10-2-1-3-11-34)25-8-14-36-38-32(39-37-15-9-25)28-17-23-16-24(19-28)20-29(32)18-23/h4-5,21,23-25,28-30,35H,1-3,6-20,22H2. The fourth-order valence-electron chi connectivity index (χ4n) is 9.21. The number of phenolic OH excluding ortho intramolecular Hbond substituents is 1. The second kappa shape index (κ2) is 11.6. The van der Waals surface area contributed by atoms with Gasteiger partial charge >= 0.3 is 0 Å². The first-order valence-electron chi connectivity index (χ1n) is 16.1. The lowest BCUT2D eigenvalue weighted by molar-refractivity contribution is -0.551. The van der Waals surface area contributed by atoms with Crippen molar-refractivity contribution < 1.29 is 24.7 Å². The van der Waals surface area contributed by atoms with Crippen LogP contribution in [0.5, 0.6) is 5.75 Å². The molecule has 7 heteroatoms. The molecular formula is C32H48N2O5. The van der Waals surface area contributed by atoms with Crippen molar-refractivity contribution in [2.45, 2.75) is 101 Å². The van der Waals surface area contributed by atoms with Gasteiger partial charge in [0.15, 0.2) is 0 Å². The highest BCUT2D eigenvalue weighted by Crippen LogP contribution is 2.60. The van der Waals surface area contributed by atoms with Crippen molar-refractivity contribution >= 4 is 0 Å². The van der Waals surface area contributed by atoms with Gasteiger partial charge in [0.25, 0.3) is 0 Å². The summed E-state index contributed by atoms with van der Waals surface area (Å²) in [7, 11) is 0. The second-order valence-electron chi connectivity index (χ2n) is 13.6. The maximum absolute atomic E-state index is 10.7. The largest absolute Gasteiger partial charge is 0.508 e. The maximum atomic E-state index is 10.7. The van der Waals surface area contributed by atoms with Crippen molar-refractivity contribution in [1.82, 2.24) is 9.80 Å². The number of hydrogen-bond acceptors (Lipinski definition) is 7. The number of piperidine rings is 2. The molecule has 216 valence electrons. The summed E-state index contributed by atoms with van der Waals surface area (Å²) in [5.41, 5.74) is 2.27. The van der Waals surface area contributed by atoms with Crippen LogP contribution in [0.15, 0.2) is 18.2 Å². The van der Waals surface area contributed by atoms with Crippen LogP contribution in [-0.4, -0.2) is 66.1 Å². The second-order valence-corrected chi connectivity index (χ2v) is 13.6. The number of hydrogen-bond donors (Lipinski definition) is 1. The molecule has 0 atom stereocenters. The first-order chi connectivity index (χ1) is 19.2. The molecule has 0 unspecified atom stereocenters. The number of likely N-dealkylation sites (tertiary alicyclic amines) is 2. The lowest BCUT2D eigenvalue weighted by Gasteiger charge is -2.58. The Labute approximate surface area is 234 Å². The quantitative estimate of drug-likeness (QED) is 0.487. The minimum Gasteiger partial charge on any atom is -0.508 e. The Bertz CT molecular complexity index is 931. The van der Waals surface area contributed by atoms with E-state index in [1.54, 1.807) is 0 Å². The number of nitrogens with zero attached hydrogens (tertiary/aromatic N) is 2. The minimum atomic E-state index is -0.715. The van der Waals surface area contributed by atoms with Gasteiger partial charge in [-0.1, -0.05) is 18.6 Å². The van der Waals surface area contributed by atoms with Crippen LogP contribution in [0.25, 0.3) is 0 Å². The van der Waals surface area contributed by atoms with Crippen LogP contribution >= 0.6 is 0 Å². The lowest BCUT2D eigenvalue weighted by Crippen LogP contribution is -2.60. The number of rotatable bonds is 4. The van der Waals surface area contributed by atoms with Crippen LogP contribution in [0.1, 0.15) is 94.1 Å². The van der Waals surface area contributed by atoms with Crippen molar-refractivity contribution in [1.29, 1.82) is 0 Å². The van der Waals surface area contributed by atoms with E-state index >= 15 is 0 Å². The zero-order chi connectivity index (χ0) is 26.2. The molecule has 3 saturated heterocycles. The highest BCUT2D eigenvalue weighted by atomic mass is 17.3. The Morgan fingerprint density at radius 1 is 0.769 bits per heavy atom. The van der Waals surface area contributed by atoms with Gasteiger partial charge in [-0.15, -0.1) is 0 Å². The summed E-state index contributed by atoms with van der Waals surface area (Å²) < 4.78 is 0. The topological polar surface area (TPSA) is 63.6 Å². The summed E-state index contributed by atoms with van der Waals surface area (Å²) in [6.07, 6.45) is 14.4. The fourth-order valence-corrected chi connectivity index (χ4v) is 9.21. The summed E-state index contributed by atoms with van der Waals surface area (Å²) in [4.78, 5) is 29.4. The molecule has 0 aromatic heterocycles. The van der Waals surface area contributed by atoms with Crippen molar-refractivity contribution in [3.8, 4) is 5.75 Å². The van der Waals surface area contributed by atoms with Crippen molar-refractivity contribution in [2.24, 2.45) is 23.7 Å². The molecule has 7 aliphatic rings. The van der Waals surface area contributed by atoms with Crippen LogP contribution in [0.4, 0.5) is 0 Å². The van der Waals surface area contributed by atoms with Crippen LogP contribution < -0.4 is 0 Å². The van der Waals surface area contributed by atoms with Crippen molar-refractivity contribution in [3.05, 3.63) is 29.3 Å². The third kappa shape index (κ3) is 5.52. The summed E-state index contributed by atoms with van der Waals surface area (Å²) in [6, 6.07) is 6.90. The molecule has 4 saturated carbocycles. The smallest absolute Gasteiger partial charge is 0.239 e. The highest BCUT2D eigenvalue weighted by molar-refractivity contribution is 5.37. The first kappa shape index (κ1) is 26.7. The van der Waals surface area contributed by atoms with E-state index in [4.69, 9.17) is 19.6 Å². The molecule has 39 heavy (non-hydrogen) atoms. The fraction of sp³-hybridized carbons (Fsp3) is 0.812. The van der Waals surface area contributed by atoms with E-state index in [0.717, 1.165) is 55.9 Å². The van der Waals surface area contributed by atoms with E-state index in [9.17, 15) is 5.11 Å². The van der Waals surface area contributed by atoms with E-state index in [-0.39, 0.29) is 5.92 Å². The summed E-state index contributed by atoms with van der Waals surface area (Å²) in [5.74, 6) is 2.38. The van der Waals surface area contributed by atoms with Gasteiger partial charge in [0.1, 0.15) is 5.75 Å². The van der Waals surface area contributed by atoms with Gasteiger partial charge in [0, 0.05) is 30.0 Å². The monoisotopic (exact) mass is 540 g/mol. The van der Waals surface area contributed by atoms with Crippen LogP contribution in [-0.2, 0) is 26.1 Å². The van der Waals surface area contributed by atoms with E-state index < -0.39 is 5.79 Å². The third-order valence-electron chi connectivity index (χ3n) is 11.2. The molecule has 0 amide bonds. The van der Waals surface area contributed by atoms with Gasteiger partial charge in [-0.05, 0) is 126 Å². The number of aromatic hydroxyl groups is 1. The molecule has 1 spiro atoms. The zero-order valence-electron chi connectivity index (χ0n) is 23.6. The summed E-state index contributed by atoms with van der Waals surface area (Å²) in [5, 5.41) is 10.7. The van der Waals surface area contributed by atoms with E-state index in [2.05, 4.69) is 21.9 Å². The molecule has 3 heterocycles. The molecule has 0 radical (unpaired) electrons. The Morgan fingerprint density at radius 2 is 1.41 bits per heavy atom. The third-order valence-corrected chi connectivity index (χ3v) is 11.2. The Balaban J connectivity index is 0.953. The molecule has 7 nitrogen and oxygen atoms in total. The van der Waals surface area contributed by atoms with Gasteiger partial charge in [0.05, 0.1) is 13.2 Å². The Hall–Kier alpha value is -1.22. The van der Waals surface area contributed by atoms with E-state index in [1.165, 1.54) is 82.9 Å². The van der Waals surface area contributed by atoms with Crippen molar-refractivity contribution in [3.63, 3.8) is 0 Å². The average Bonchev–Trinajstić information content (AvgIpc) is 2.96. The molecule has 1 aromatic carbocycles. The molecule has 8 rings (SSSR count). The summed E-state index contributed by atoms with van der Waals surface area (Å²) in [6.45, 7) is 6.67. The number of phenols is 1. The van der Waals surface area contributed by atoms with Gasteiger partial charge < -0.3 is 10.0 Å². The van der Waals surface area contributed by atoms with Gasteiger partial charge in [0.2, 0.25) is 5.79 Å². The summed E-state index contributed by atoms with van der Waals surface area (Å²) >= 11 is 0. The molecule has 4 bridgehead atoms. The molecule has 1 aromatic rings. The van der Waals surface area contributed by atoms with E-state index in [1.807, 2.05) is 6.07 Å². The average molecular weight is 541 g/mol. The van der Waals surface area contributed by atoms with Gasteiger partial charge in [-0.2, -0.15) is 9.78 Å². The minimum absolute atomic E-state index is 0.272. The molecule has 7 fully saturated rings. The van der Waals surface area contributed by atoms with Crippen molar-refractivity contribution in [2.75, 3.05) is 39.4 Å². The molecular weight excluding hydrogens is 492 g/mol. The number of benzene rings is 1. The van der Waals surface area contributed by atoms with Gasteiger partial charge in [-0.3, -0.25) is 4.90 Å². The normalized spacial score (nSPS) is 38.8. The molecule has 3 aliphatic heterocycles. The highest BCUT2D eigenvalue weighted by Gasteiger charge is 2.61. The van der Waals surface area contributed by atoms with Crippen LogP contribution in [0.3, 0.4) is 0 Å². The first-order valence-corrected chi connectivity index (χ1v) is 16.1. The predicted molar refractivity (Wildman–Crippen MR) is 148 cm³/mol.